The topological polar surface area (TPSA) is 28.2 Å². The van der Waals surface area contributed by atoms with Gasteiger partial charge in [0.1, 0.15) is 5.82 Å². The Morgan fingerprint density at radius 1 is 1.58 bits per heavy atom. The van der Waals surface area contributed by atoms with E-state index in [1.807, 2.05) is 12.3 Å². The fourth-order valence-corrected chi connectivity index (χ4v) is 1.73. The van der Waals surface area contributed by atoms with Gasteiger partial charge in [0.05, 0.1) is 11.7 Å². The summed E-state index contributed by atoms with van der Waals surface area (Å²) in [6.45, 7) is 1.04. The molecule has 3 heteroatoms. The molecule has 0 aromatic carbocycles. The van der Waals surface area contributed by atoms with Gasteiger partial charge in [-0.3, -0.25) is 0 Å². The predicted octanol–water partition coefficient (Wildman–Crippen LogP) is 1.21. The molecular formula is C9H9N3. The van der Waals surface area contributed by atoms with Crippen molar-refractivity contribution in [3.8, 4) is 0 Å². The number of pyridine rings is 1. The fraction of sp³-hybridized carbons (Fsp3) is 0.222. The molecule has 0 amide bonds. The molecule has 1 aromatic rings. The zero-order valence-electron chi connectivity index (χ0n) is 6.57. The van der Waals surface area contributed by atoms with Crippen LogP contribution in [0.15, 0.2) is 30.6 Å². The lowest BCUT2D eigenvalue weighted by Crippen LogP contribution is -2.32. The standard InChI is InChI=1S/C9H9N3/c1-2-8-9(10-4-1)11-7-3-5-12(8)6-7/h1-5,7H,6H2,(H,10,11). The van der Waals surface area contributed by atoms with E-state index in [0.29, 0.717) is 6.04 Å². The normalized spacial score (nSPS) is 23.7. The molecule has 1 atom stereocenters. The van der Waals surface area contributed by atoms with Crippen molar-refractivity contribution in [2.45, 2.75) is 6.04 Å². The SMILES string of the molecule is C1=CN2CC1Nc1ncccc12. The lowest BCUT2D eigenvalue weighted by atomic mass is 10.2. The largest absolute Gasteiger partial charge is 0.360 e. The van der Waals surface area contributed by atoms with Crippen LogP contribution in [0.3, 0.4) is 0 Å². The Morgan fingerprint density at radius 2 is 2.58 bits per heavy atom. The molecule has 0 aliphatic carbocycles. The van der Waals surface area contributed by atoms with Gasteiger partial charge in [0.15, 0.2) is 0 Å². The monoisotopic (exact) mass is 159 g/mol. The van der Waals surface area contributed by atoms with Gasteiger partial charge in [0.25, 0.3) is 0 Å². The van der Waals surface area contributed by atoms with Crippen LogP contribution in [0.5, 0.6) is 0 Å². The maximum atomic E-state index is 4.27. The van der Waals surface area contributed by atoms with E-state index in [0.717, 1.165) is 12.4 Å². The van der Waals surface area contributed by atoms with E-state index in [1.165, 1.54) is 5.69 Å². The minimum absolute atomic E-state index is 0.451. The molecule has 1 aromatic heterocycles. The van der Waals surface area contributed by atoms with E-state index in [4.69, 9.17) is 0 Å². The predicted molar refractivity (Wildman–Crippen MR) is 48.1 cm³/mol. The number of hydrogen-bond donors (Lipinski definition) is 1. The number of aromatic nitrogens is 1. The third kappa shape index (κ3) is 0.679. The first-order valence-electron chi connectivity index (χ1n) is 4.10. The number of nitrogens with zero attached hydrogens (tertiary/aromatic N) is 2. The molecule has 1 unspecified atom stereocenters. The summed E-state index contributed by atoms with van der Waals surface area (Å²) in [5, 5.41) is 3.35. The summed E-state index contributed by atoms with van der Waals surface area (Å²) in [5.41, 5.74) is 1.18. The first-order chi connectivity index (χ1) is 5.93. The summed E-state index contributed by atoms with van der Waals surface area (Å²) >= 11 is 0. The van der Waals surface area contributed by atoms with Crippen LogP contribution >= 0.6 is 0 Å². The third-order valence-electron chi connectivity index (χ3n) is 2.31. The molecular weight excluding hydrogens is 150 g/mol. The highest BCUT2D eigenvalue weighted by atomic mass is 15.2. The van der Waals surface area contributed by atoms with Crippen molar-refractivity contribution in [1.29, 1.82) is 0 Å². The second-order valence-electron chi connectivity index (χ2n) is 3.12. The van der Waals surface area contributed by atoms with Gasteiger partial charge in [0, 0.05) is 18.9 Å². The van der Waals surface area contributed by atoms with Gasteiger partial charge < -0.3 is 10.2 Å². The van der Waals surface area contributed by atoms with Gasteiger partial charge in [-0.15, -0.1) is 0 Å². The van der Waals surface area contributed by atoms with Crippen molar-refractivity contribution in [2.75, 3.05) is 16.8 Å². The summed E-state index contributed by atoms with van der Waals surface area (Å²) in [7, 11) is 0. The second-order valence-corrected chi connectivity index (χ2v) is 3.12. The number of rotatable bonds is 0. The van der Waals surface area contributed by atoms with Crippen molar-refractivity contribution in [2.24, 2.45) is 0 Å². The fourth-order valence-electron chi connectivity index (χ4n) is 1.73. The molecule has 0 fully saturated rings. The molecule has 2 bridgehead atoms. The Bertz CT molecular complexity index is 345. The Morgan fingerprint density at radius 3 is 3.58 bits per heavy atom. The molecule has 0 radical (unpaired) electrons. The van der Waals surface area contributed by atoms with E-state index in [9.17, 15) is 0 Å². The number of anilines is 2. The van der Waals surface area contributed by atoms with Crippen LogP contribution < -0.4 is 10.2 Å². The van der Waals surface area contributed by atoms with Crippen LogP contribution in [0.25, 0.3) is 0 Å². The Hall–Kier alpha value is -1.51. The molecule has 3 nitrogen and oxygen atoms in total. The second kappa shape index (κ2) is 2.00. The van der Waals surface area contributed by atoms with Crippen molar-refractivity contribution in [3.63, 3.8) is 0 Å². The Kier molecular flexibility index (Phi) is 1.01. The highest BCUT2D eigenvalue weighted by Crippen LogP contribution is 2.31. The van der Waals surface area contributed by atoms with Gasteiger partial charge in [-0.1, -0.05) is 0 Å². The molecule has 0 spiro atoms. The number of nitrogens with one attached hydrogen (secondary N) is 1. The Balaban J connectivity index is 2.17. The van der Waals surface area contributed by atoms with Gasteiger partial charge in [-0.2, -0.15) is 0 Å². The minimum Gasteiger partial charge on any atom is -0.360 e. The van der Waals surface area contributed by atoms with E-state index >= 15 is 0 Å². The average Bonchev–Trinajstić information content (AvgIpc) is 2.49. The van der Waals surface area contributed by atoms with Gasteiger partial charge in [0.2, 0.25) is 0 Å². The minimum atomic E-state index is 0.451. The molecule has 3 rings (SSSR count). The lowest BCUT2D eigenvalue weighted by Gasteiger charge is -2.27. The highest BCUT2D eigenvalue weighted by molar-refractivity contribution is 5.72. The molecule has 1 N–H and O–H groups in total. The zero-order valence-corrected chi connectivity index (χ0v) is 6.57. The molecule has 0 saturated heterocycles. The zero-order chi connectivity index (χ0) is 7.97. The summed E-state index contributed by atoms with van der Waals surface area (Å²) in [6, 6.07) is 4.50. The van der Waals surface area contributed by atoms with E-state index in [1.54, 1.807) is 0 Å². The van der Waals surface area contributed by atoms with Crippen molar-refractivity contribution in [3.05, 3.63) is 30.6 Å². The van der Waals surface area contributed by atoms with Crippen LogP contribution in [-0.4, -0.2) is 17.6 Å². The van der Waals surface area contributed by atoms with Crippen molar-refractivity contribution < 1.29 is 0 Å². The first kappa shape index (κ1) is 6.06. The van der Waals surface area contributed by atoms with E-state index in [-0.39, 0.29) is 0 Å². The molecule has 0 saturated carbocycles. The van der Waals surface area contributed by atoms with Gasteiger partial charge >= 0.3 is 0 Å². The highest BCUT2D eigenvalue weighted by Gasteiger charge is 2.25. The summed E-state index contributed by atoms with van der Waals surface area (Å²) in [5.74, 6) is 0.999. The summed E-state index contributed by atoms with van der Waals surface area (Å²) < 4.78 is 0. The summed E-state index contributed by atoms with van der Waals surface area (Å²) in [4.78, 5) is 6.49. The number of fused-ring (bicyclic) bond motifs is 4. The molecule has 2 aliphatic rings. The van der Waals surface area contributed by atoms with Crippen molar-refractivity contribution >= 4 is 11.5 Å². The van der Waals surface area contributed by atoms with Gasteiger partial charge in [-0.05, 0) is 18.2 Å². The van der Waals surface area contributed by atoms with Crippen LogP contribution in [0.2, 0.25) is 0 Å². The Labute approximate surface area is 70.7 Å². The maximum absolute atomic E-state index is 4.27. The molecule has 12 heavy (non-hydrogen) atoms. The van der Waals surface area contributed by atoms with Crippen LogP contribution in [0, 0.1) is 0 Å². The van der Waals surface area contributed by atoms with E-state index in [2.05, 4.69) is 33.5 Å². The lowest BCUT2D eigenvalue weighted by molar-refractivity contribution is 0.852. The van der Waals surface area contributed by atoms with Crippen LogP contribution in [0.4, 0.5) is 11.5 Å². The van der Waals surface area contributed by atoms with Crippen LogP contribution in [-0.2, 0) is 0 Å². The smallest absolute Gasteiger partial charge is 0.150 e. The number of hydrogen-bond acceptors (Lipinski definition) is 3. The van der Waals surface area contributed by atoms with Gasteiger partial charge in [-0.25, -0.2) is 4.98 Å². The first-order valence-corrected chi connectivity index (χ1v) is 4.10. The third-order valence-corrected chi connectivity index (χ3v) is 2.31. The van der Waals surface area contributed by atoms with E-state index < -0.39 is 0 Å². The van der Waals surface area contributed by atoms with Crippen molar-refractivity contribution in [1.82, 2.24) is 4.98 Å². The quantitative estimate of drug-likeness (QED) is 0.616. The molecule has 60 valence electrons. The molecule has 3 heterocycles. The summed E-state index contributed by atoms with van der Waals surface area (Å²) in [6.07, 6.45) is 6.10. The van der Waals surface area contributed by atoms with Crippen LogP contribution in [0.1, 0.15) is 0 Å². The molecule has 2 aliphatic heterocycles. The average molecular weight is 159 g/mol. The maximum Gasteiger partial charge on any atom is 0.150 e.